The Morgan fingerprint density at radius 3 is 2.51 bits per heavy atom. The number of benzene rings is 1. The average Bonchev–Trinajstić information content (AvgIpc) is 3.62. The molecule has 3 fully saturated rings. The Hall–Kier alpha value is -3.70. The minimum Gasteiger partial charge on any atom is -0.467 e. The second-order valence-electron chi connectivity index (χ2n) is 10.9. The number of aromatic nitrogens is 3. The van der Waals surface area contributed by atoms with Crippen LogP contribution in [0.4, 0.5) is 19.6 Å². The summed E-state index contributed by atoms with van der Waals surface area (Å²) >= 11 is 0.947. The number of nitrogen functional groups attached to an aromatic ring is 1. The molecule has 210 valence electrons. The van der Waals surface area contributed by atoms with Gasteiger partial charge in [-0.25, -0.2) is 8.78 Å². The van der Waals surface area contributed by atoms with Gasteiger partial charge >= 0.3 is 6.01 Å². The van der Waals surface area contributed by atoms with Gasteiger partial charge in [-0.15, -0.1) is 11.3 Å². The second kappa shape index (κ2) is 9.15. The Balaban J connectivity index is 1.37. The van der Waals surface area contributed by atoms with Crippen LogP contribution in [-0.2, 0) is 22.7 Å². The van der Waals surface area contributed by atoms with Gasteiger partial charge in [-0.2, -0.15) is 15.2 Å². The largest absolute Gasteiger partial charge is 0.467 e. The van der Waals surface area contributed by atoms with Gasteiger partial charge in [0.1, 0.15) is 22.4 Å². The van der Waals surface area contributed by atoms with Gasteiger partial charge in [0, 0.05) is 36.1 Å². The SMILES string of the molecule is COc1nc(N2C3CCC2CN(C2COC2)C3)c2c3c(c(-c4ncc(F)c5sc(N)c(C#N)c45)c(F)c2n1)COC3. The van der Waals surface area contributed by atoms with Crippen molar-refractivity contribution >= 4 is 43.1 Å². The number of rotatable bonds is 4. The summed E-state index contributed by atoms with van der Waals surface area (Å²) < 4.78 is 48.7. The number of ether oxygens (including phenoxy) is 3. The van der Waals surface area contributed by atoms with E-state index >= 15 is 4.39 Å². The Kier molecular flexibility index (Phi) is 5.59. The molecular formula is C28H25F2N7O3S. The molecule has 8 rings (SSSR count). The second-order valence-corrected chi connectivity index (χ2v) is 12.0. The van der Waals surface area contributed by atoms with E-state index in [1.165, 1.54) is 7.11 Å². The molecule has 13 heteroatoms. The number of piperazine rings is 1. The first-order valence-corrected chi connectivity index (χ1v) is 14.3. The molecule has 10 nitrogen and oxygen atoms in total. The van der Waals surface area contributed by atoms with Crippen molar-refractivity contribution in [1.82, 2.24) is 19.9 Å². The zero-order chi connectivity index (χ0) is 28.0. The third-order valence-electron chi connectivity index (χ3n) is 8.88. The van der Waals surface area contributed by atoms with Gasteiger partial charge in [0.05, 0.1) is 67.1 Å². The van der Waals surface area contributed by atoms with Gasteiger partial charge in [-0.1, -0.05) is 0 Å². The Labute approximate surface area is 237 Å². The molecule has 2 atom stereocenters. The van der Waals surface area contributed by atoms with Crippen LogP contribution in [0, 0.1) is 23.0 Å². The molecule has 0 amide bonds. The van der Waals surface area contributed by atoms with Gasteiger partial charge in [-0.3, -0.25) is 9.88 Å². The van der Waals surface area contributed by atoms with Gasteiger partial charge < -0.3 is 24.8 Å². The fraction of sp³-hybridized carbons (Fsp3) is 0.429. The number of nitrogens with two attached hydrogens (primary N) is 1. The molecule has 0 radical (unpaired) electrons. The number of halogens is 2. The summed E-state index contributed by atoms with van der Waals surface area (Å²) in [6.45, 7) is 3.65. The molecule has 3 saturated heterocycles. The lowest BCUT2D eigenvalue weighted by molar-refractivity contribution is -0.0705. The van der Waals surface area contributed by atoms with Crippen molar-refractivity contribution in [2.24, 2.45) is 0 Å². The number of hydrogen-bond acceptors (Lipinski definition) is 11. The fourth-order valence-corrected chi connectivity index (χ4v) is 7.84. The topological polar surface area (TPSA) is 123 Å². The maximum absolute atomic E-state index is 16.9. The summed E-state index contributed by atoms with van der Waals surface area (Å²) in [5.74, 6) is -0.617. The summed E-state index contributed by atoms with van der Waals surface area (Å²) in [6, 6.07) is 2.97. The molecule has 2 N–H and O–H groups in total. The van der Waals surface area contributed by atoms with E-state index in [0.29, 0.717) is 22.8 Å². The highest BCUT2D eigenvalue weighted by atomic mass is 32.1. The number of pyridine rings is 1. The normalized spacial score (nSPS) is 22.3. The molecule has 41 heavy (non-hydrogen) atoms. The minimum atomic E-state index is -0.641. The van der Waals surface area contributed by atoms with Gasteiger partial charge in [-0.05, 0) is 24.0 Å². The van der Waals surface area contributed by atoms with Crippen LogP contribution in [0.1, 0.15) is 29.5 Å². The number of nitrogens with zero attached hydrogens (tertiary/aromatic N) is 6. The molecule has 2 bridgehead atoms. The van der Waals surface area contributed by atoms with E-state index in [1.807, 2.05) is 6.07 Å². The molecule has 0 spiro atoms. The molecule has 3 aromatic heterocycles. The molecule has 7 heterocycles. The smallest absolute Gasteiger partial charge is 0.318 e. The van der Waals surface area contributed by atoms with E-state index in [2.05, 4.69) is 19.8 Å². The van der Waals surface area contributed by atoms with Crippen molar-refractivity contribution in [1.29, 1.82) is 5.26 Å². The highest BCUT2D eigenvalue weighted by Crippen LogP contribution is 2.48. The van der Waals surface area contributed by atoms with Crippen molar-refractivity contribution in [3.8, 4) is 23.3 Å². The van der Waals surface area contributed by atoms with E-state index in [0.717, 1.165) is 62.2 Å². The predicted octanol–water partition coefficient (Wildman–Crippen LogP) is 3.73. The summed E-state index contributed by atoms with van der Waals surface area (Å²) in [7, 11) is 1.46. The van der Waals surface area contributed by atoms with Crippen molar-refractivity contribution in [2.75, 3.05) is 44.0 Å². The lowest BCUT2D eigenvalue weighted by Crippen LogP contribution is -2.61. The molecule has 0 aliphatic carbocycles. The highest BCUT2D eigenvalue weighted by molar-refractivity contribution is 7.23. The Morgan fingerprint density at radius 2 is 1.83 bits per heavy atom. The molecule has 4 aliphatic rings. The molecular weight excluding hydrogens is 552 g/mol. The van der Waals surface area contributed by atoms with Crippen molar-refractivity contribution in [3.63, 3.8) is 0 Å². The van der Waals surface area contributed by atoms with E-state index in [1.54, 1.807) is 0 Å². The zero-order valence-corrected chi connectivity index (χ0v) is 22.9. The first kappa shape index (κ1) is 25.0. The molecule has 0 saturated carbocycles. The highest BCUT2D eigenvalue weighted by Gasteiger charge is 2.45. The monoisotopic (exact) mass is 577 g/mol. The molecule has 4 aromatic rings. The quantitative estimate of drug-likeness (QED) is 0.384. The number of anilines is 2. The maximum Gasteiger partial charge on any atom is 0.318 e. The number of nitriles is 1. The van der Waals surface area contributed by atoms with Crippen LogP contribution in [0.5, 0.6) is 6.01 Å². The predicted molar refractivity (Wildman–Crippen MR) is 148 cm³/mol. The van der Waals surface area contributed by atoms with Gasteiger partial charge in [0.15, 0.2) is 11.6 Å². The number of likely N-dealkylation sites (tertiary alicyclic amines) is 1. The van der Waals surface area contributed by atoms with E-state index in [4.69, 9.17) is 24.9 Å². The summed E-state index contributed by atoms with van der Waals surface area (Å²) in [6.07, 6.45) is 3.06. The van der Waals surface area contributed by atoms with Crippen molar-refractivity contribution < 1.29 is 23.0 Å². The van der Waals surface area contributed by atoms with E-state index in [-0.39, 0.29) is 68.7 Å². The lowest BCUT2D eigenvalue weighted by atomic mass is 9.93. The van der Waals surface area contributed by atoms with Crippen LogP contribution >= 0.6 is 11.3 Å². The fourth-order valence-electron chi connectivity index (χ4n) is 6.92. The molecule has 2 unspecified atom stereocenters. The van der Waals surface area contributed by atoms with Crippen molar-refractivity contribution in [2.45, 2.75) is 44.2 Å². The number of fused-ring (bicyclic) bond motifs is 6. The first-order chi connectivity index (χ1) is 20.0. The third-order valence-corrected chi connectivity index (χ3v) is 9.90. The maximum atomic E-state index is 16.9. The van der Waals surface area contributed by atoms with E-state index < -0.39 is 11.6 Å². The van der Waals surface area contributed by atoms with Crippen LogP contribution in [0.2, 0.25) is 0 Å². The van der Waals surface area contributed by atoms with Crippen LogP contribution in [-0.4, -0.2) is 71.4 Å². The first-order valence-electron chi connectivity index (χ1n) is 13.5. The zero-order valence-electron chi connectivity index (χ0n) is 22.1. The van der Waals surface area contributed by atoms with Crippen molar-refractivity contribution in [3.05, 3.63) is 34.5 Å². The average molecular weight is 578 g/mol. The van der Waals surface area contributed by atoms with Crippen LogP contribution in [0.25, 0.3) is 32.2 Å². The standard InChI is InChI=1S/C28H25F2N7O3S/c1-38-28-34-24-21(27(35-28)37-12-2-3-13(37)7-36(6-12)14-8-39-9-14)17-11-40-10-16(17)19(22(24)30)23-20-15(4-31)26(32)41-25(20)18(29)5-33-23/h5,12-14H,2-3,6-11,32H2,1H3. The number of methoxy groups -OCH3 is 1. The number of thiophene rings is 1. The summed E-state index contributed by atoms with van der Waals surface area (Å²) in [5.41, 5.74) is 7.86. The van der Waals surface area contributed by atoms with Crippen LogP contribution in [0.15, 0.2) is 6.20 Å². The Bertz CT molecular complexity index is 1790. The third kappa shape index (κ3) is 3.51. The Morgan fingerprint density at radius 1 is 1.07 bits per heavy atom. The number of hydrogen-bond donors (Lipinski definition) is 1. The van der Waals surface area contributed by atoms with Crippen LogP contribution < -0.4 is 15.4 Å². The van der Waals surface area contributed by atoms with Gasteiger partial charge in [0.25, 0.3) is 0 Å². The minimum absolute atomic E-state index is 0.0557. The molecule has 1 aromatic carbocycles. The summed E-state index contributed by atoms with van der Waals surface area (Å²) in [5, 5.41) is 10.8. The van der Waals surface area contributed by atoms with E-state index in [9.17, 15) is 9.65 Å². The summed E-state index contributed by atoms with van der Waals surface area (Å²) in [4.78, 5) is 18.4. The lowest BCUT2D eigenvalue weighted by Gasteiger charge is -2.47. The van der Waals surface area contributed by atoms with Crippen LogP contribution in [0.3, 0.4) is 0 Å². The van der Waals surface area contributed by atoms with Gasteiger partial charge in [0.2, 0.25) is 0 Å². The molecule has 4 aliphatic heterocycles.